The van der Waals surface area contributed by atoms with Gasteiger partial charge in [0.05, 0.1) is 13.2 Å². The fourth-order valence-electron chi connectivity index (χ4n) is 2.75. The molecule has 0 aliphatic rings. The Kier molecular flexibility index (Phi) is 7.01. The zero-order valence-electron chi connectivity index (χ0n) is 15.9. The molecule has 0 fully saturated rings. The summed E-state index contributed by atoms with van der Waals surface area (Å²) >= 11 is 0. The van der Waals surface area contributed by atoms with Gasteiger partial charge in [-0.1, -0.05) is 25.1 Å². The number of ether oxygens (including phenoxy) is 2. The second-order valence-electron chi connectivity index (χ2n) is 6.23. The number of para-hydroxylation sites is 1. The number of aromatic carboxylic acids is 1. The van der Waals surface area contributed by atoms with Crippen LogP contribution in [0, 0.1) is 0 Å². The van der Waals surface area contributed by atoms with Crippen molar-refractivity contribution in [1.82, 2.24) is 5.32 Å². The summed E-state index contributed by atoms with van der Waals surface area (Å²) in [5.41, 5.74) is 0.816. The quantitative estimate of drug-likeness (QED) is 0.697. The largest absolute Gasteiger partial charge is 0.496 e. The van der Waals surface area contributed by atoms with Crippen molar-refractivity contribution in [2.75, 3.05) is 13.7 Å². The van der Waals surface area contributed by atoms with E-state index < -0.39 is 18.0 Å². The standard InChI is InChI=1S/C20H25NO6/c1-5-15-14(20(23)24)10-17(27-15)19(22)21-11-18(26-12(2)3)13-8-6-7-9-16(13)25-4/h6-10,12,18H,5,11H2,1-4H3,(H,21,22)(H,23,24). The first-order valence-electron chi connectivity index (χ1n) is 8.79. The Morgan fingerprint density at radius 1 is 1.26 bits per heavy atom. The summed E-state index contributed by atoms with van der Waals surface area (Å²) in [5, 5.41) is 11.9. The third-order valence-corrected chi connectivity index (χ3v) is 3.95. The molecule has 0 bridgehead atoms. The van der Waals surface area contributed by atoms with Gasteiger partial charge in [-0.2, -0.15) is 0 Å². The van der Waals surface area contributed by atoms with Gasteiger partial charge in [0.25, 0.3) is 5.91 Å². The van der Waals surface area contributed by atoms with Crippen molar-refractivity contribution >= 4 is 11.9 Å². The number of furan rings is 1. The number of rotatable bonds is 9. The maximum absolute atomic E-state index is 12.4. The summed E-state index contributed by atoms with van der Waals surface area (Å²) < 4.78 is 16.7. The van der Waals surface area contributed by atoms with Crippen molar-refractivity contribution in [2.24, 2.45) is 0 Å². The van der Waals surface area contributed by atoms with Gasteiger partial charge in [-0.25, -0.2) is 4.79 Å². The molecule has 0 saturated heterocycles. The predicted octanol–water partition coefficient (Wildman–Crippen LogP) is 3.44. The molecule has 7 nitrogen and oxygen atoms in total. The minimum atomic E-state index is -1.12. The minimum absolute atomic E-state index is 0.00218. The average Bonchev–Trinajstić information content (AvgIpc) is 3.09. The maximum atomic E-state index is 12.4. The third-order valence-electron chi connectivity index (χ3n) is 3.95. The Morgan fingerprint density at radius 2 is 1.96 bits per heavy atom. The number of amides is 1. The van der Waals surface area contributed by atoms with E-state index in [1.54, 1.807) is 14.0 Å². The molecule has 1 unspecified atom stereocenters. The Hall–Kier alpha value is -2.80. The first kappa shape index (κ1) is 20.5. The van der Waals surface area contributed by atoms with Crippen molar-refractivity contribution in [2.45, 2.75) is 39.4 Å². The summed E-state index contributed by atoms with van der Waals surface area (Å²) in [6.45, 7) is 5.76. The Morgan fingerprint density at radius 3 is 2.52 bits per heavy atom. The molecule has 1 atom stereocenters. The van der Waals surface area contributed by atoms with Crippen LogP contribution >= 0.6 is 0 Å². The second-order valence-corrected chi connectivity index (χ2v) is 6.23. The number of methoxy groups -OCH3 is 1. The summed E-state index contributed by atoms with van der Waals surface area (Å²) in [4.78, 5) is 23.7. The molecule has 146 valence electrons. The van der Waals surface area contributed by atoms with Crippen LogP contribution in [-0.4, -0.2) is 36.7 Å². The number of aryl methyl sites for hydroxylation is 1. The molecule has 1 aromatic heterocycles. The average molecular weight is 375 g/mol. The van der Waals surface area contributed by atoms with Gasteiger partial charge in [0.2, 0.25) is 0 Å². The molecular weight excluding hydrogens is 350 g/mol. The lowest BCUT2D eigenvalue weighted by Crippen LogP contribution is -2.30. The topological polar surface area (TPSA) is 98.0 Å². The van der Waals surface area contributed by atoms with E-state index in [1.807, 2.05) is 38.1 Å². The first-order chi connectivity index (χ1) is 12.9. The van der Waals surface area contributed by atoms with Gasteiger partial charge in [0, 0.05) is 24.6 Å². The number of carbonyl (C=O) groups excluding carboxylic acids is 1. The molecule has 2 aromatic rings. The van der Waals surface area contributed by atoms with Crippen molar-refractivity contribution in [1.29, 1.82) is 0 Å². The van der Waals surface area contributed by atoms with Crippen molar-refractivity contribution < 1.29 is 28.6 Å². The van der Waals surface area contributed by atoms with E-state index in [0.29, 0.717) is 12.2 Å². The lowest BCUT2D eigenvalue weighted by Gasteiger charge is -2.23. The van der Waals surface area contributed by atoms with Crippen LogP contribution in [0.1, 0.15) is 59.1 Å². The van der Waals surface area contributed by atoms with Gasteiger partial charge < -0.3 is 24.3 Å². The number of carboxylic acid groups (broad SMARTS) is 1. The van der Waals surface area contributed by atoms with Crippen LogP contribution in [0.5, 0.6) is 5.75 Å². The van der Waals surface area contributed by atoms with Crippen molar-refractivity contribution in [3.05, 3.63) is 53.0 Å². The van der Waals surface area contributed by atoms with E-state index in [9.17, 15) is 14.7 Å². The van der Waals surface area contributed by atoms with Gasteiger partial charge >= 0.3 is 5.97 Å². The van der Waals surface area contributed by atoms with E-state index in [0.717, 1.165) is 5.56 Å². The van der Waals surface area contributed by atoms with E-state index in [4.69, 9.17) is 13.9 Å². The molecule has 0 radical (unpaired) electrons. The van der Waals surface area contributed by atoms with Crippen LogP contribution in [0.4, 0.5) is 0 Å². The predicted molar refractivity (Wildman–Crippen MR) is 99.3 cm³/mol. The molecule has 0 aliphatic heterocycles. The van der Waals surface area contributed by atoms with Crippen LogP contribution < -0.4 is 10.1 Å². The van der Waals surface area contributed by atoms with Crippen molar-refractivity contribution in [3.8, 4) is 5.75 Å². The molecule has 1 amide bonds. The summed E-state index contributed by atoms with van der Waals surface area (Å²) in [6, 6.07) is 8.68. The van der Waals surface area contributed by atoms with Crippen LogP contribution in [0.3, 0.4) is 0 Å². The van der Waals surface area contributed by atoms with E-state index in [1.165, 1.54) is 6.07 Å². The smallest absolute Gasteiger partial charge is 0.339 e. The summed E-state index contributed by atoms with van der Waals surface area (Å²) in [5.74, 6) is -0.717. The zero-order chi connectivity index (χ0) is 20.0. The highest BCUT2D eigenvalue weighted by Crippen LogP contribution is 2.28. The van der Waals surface area contributed by atoms with Gasteiger partial charge in [0.1, 0.15) is 23.2 Å². The fraction of sp³-hybridized carbons (Fsp3) is 0.400. The monoisotopic (exact) mass is 375 g/mol. The number of carboxylic acids is 1. The summed E-state index contributed by atoms with van der Waals surface area (Å²) in [7, 11) is 1.58. The van der Waals surface area contributed by atoms with Gasteiger partial charge in [-0.05, 0) is 19.9 Å². The second kappa shape index (κ2) is 9.23. The van der Waals surface area contributed by atoms with Crippen LogP contribution in [0.15, 0.2) is 34.7 Å². The number of carbonyl (C=O) groups is 2. The highest BCUT2D eigenvalue weighted by Gasteiger charge is 2.23. The molecule has 0 aliphatic carbocycles. The van der Waals surface area contributed by atoms with Crippen molar-refractivity contribution in [3.63, 3.8) is 0 Å². The number of hydrogen-bond donors (Lipinski definition) is 2. The molecule has 1 heterocycles. The fourth-order valence-corrected chi connectivity index (χ4v) is 2.75. The van der Waals surface area contributed by atoms with E-state index in [2.05, 4.69) is 5.32 Å². The molecule has 0 spiro atoms. The molecule has 1 aromatic carbocycles. The number of nitrogens with one attached hydrogen (secondary N) is 1. The van der Waals surface area contributed by atoms with E-state index >= 15 is 0 Å². The van der Waals surface area contributed by atoms with Crippen LogP contribution in [0.25, 0.3) is 0 Å². The lowest BCUT2D eigenvalue weighted by molar-refractivity contribution is 0.00596. The third kappa shape index (κ3) is 5.10. The minimum Gasteiger partial charge on any atom is -0.496 e. The normalized spacial score (nSPS) is 12.0. The lowest BCUT2D eigenvalue weighted by atomic mass is 10.1. The Labute approximate surface area is 158 Å². The molecule has 2 rings (SSSR count). The van der Waals surface area contributed by atoms with E-state index in [-0.39, 0.29) is 29.7 Å². The Bertz CT molecular complexity index is 796. The summed E-state index contributed by atoms with van der Waals surface area (Å²) in [6.07, 6.45) is -0.106. The molecule has 0 saturated carbocycles. The van der Waals surface area contributed by atoms with Gasteiger partial charge in [-0.3, -0.25) is 4.79 Å². The number of hydrogen-bond acceptors (Lipinski definition) is 5. The molecule has 7 heteroatoms. The molecular formula is C20H25NO6. The first-order valence-corrected chi connectivity index (χ1v) is 8.79. The zero-order valence-corrected chi connectivity index (χ0v) is 15.9. The molecule has 2 N–H and O–H groups in total. The van der Waals surface area contributed by atoms with Gasteiger partial charge in [-0.15, -0.1) is 0 Å². The highest BCUT2D eigenvalue weighted by atomic mass is 16.5. The Balaban J connectivity index is 2.17. The molecule has 27 heavy (non-hydrogen) atoms. The maximum Gasteiger partial charge on any atom is 0.339 e. The van der Waals surface area contributed by atoms with Crippen LogP contribution in [-0.2, 0) is 11.2 Å². The number of benzene rings is 1. The highest BCUT2D eigenvalue weighted by molar-refractivity contribution is 5.96. The van der Waals surface area contributed by atoms with Gasteiger partial charge in [0.15, 0.2) is 5.76 Å². The van der Waals surface area contributed by atoms with Crippen LogP contribution in [0.2, 0.25) is 0 Å². The SMILES string of the molecule is CCc1oc(C(=O)NCC(OC(C)C)c2ccccc2OC)cc1C(=O)O.